The number of nitrogens with two attached hydrogens (primary N) is 1. The van der Waals surface area contributed by atoms with Crippen molar-refractivity contribution in [2.75, 3.05) is 30.7 Å². The summed E-state index contributed by atoms with van der Waals surface area (Å²) in [6.45, 7) is 8.25. The predicted octanol–water partition coefficient (Wildman–Crippen LogP) is 3.55. The molecule has 0 bridgehead atoms. The highest BCUT2D eigenvalue weighted by molar-refractivity contribution is 6.39. The number of nitrogens with one attached hydrogen (secondary N) is 1. The molecule has 176 valence electrons. The van der Waals surface area contributed by atoms with Crippen LogP contribution in [0.1, 0.15) is 56.7 Å². The first kappa shape index (κ1) is 23.2. The third kappa shape index (κ3) is 5.33. The van der Waals surface area contributed by atoms with E-state index in [0.29, 0.717) is 36.4 Å². The zero-order chi connectivity index (χ0) is 23.7. The van der Waals surface area contributed by atoms with E-state index in [4.69, 9.17) is 5.73 Å². The van der Waals surface area contributed by atoms with Crippen molar-refractivity contribution in [1.82, 2.24) is 14.8 Å². The Morgan fingerprint density at radius 2 is 1.91 bits per heavy atom. The van der Waals surface area contributed by atoms with Crippen LogP contribution in [-0.2, 0) is 9.59 Å². The first-order chi connectivity index (χ1) is 15.7. The van der Waals surface area contributed by atoms with Crippen molar-refractivity contribution in [2.24, 2.45) is 5.92 Å². The van der Waals surface area contributed by atoms with Crippen LogP contribution in [0.15, 0.2) is 36.5 Å². The van der Waals surface area contributed by atoms with Gasteiger partial charge in [-0.05, 0) is 60.9 Å². The molecule has 1 aliphatic carbocycles. The van der Waals surface area contributed by atoms with Gasteiger partial charge in [0.2, 0.25) is 0 Å². The summed E-state index contributed by atoms with van der Waals surface area (Å²) in [5.74, 6) is -0.341. The van der Waals surface area contributed by atoms with Crippen LogP contribution >= 0.6 is 0 Å². The molecule has 2 atom stereocenters. The molecule has 0 unspecified atom stereocenters. The topological polar surface area (TPSA) is 91.6 Å². The minimum atomic E-state index is -0.708. The molecule has 33 heavy (non-hydrogen) atoms. The first-order valence-corrected chi connectivity index (χ1v) is 11.6. The molecule has 1 aliphatic heterocycles. The number of anilines is 2. The van der Waals surface area contributed by atoms with Crippen LogP contribution in [0.25, 0.3) is 0 Å². The van der Waals surface area contributed by atoms with Crippen LogP contribution in [0.2, 0.25) is 0 Å². The number of amides is 2. The molecule has 2 amide bonds. The molecule has 3 N–H and O–H groups in total. The molecule has 1 aromatic carbocycles. The van der Waals surface area contributed by atoms with Gasteiger partial charge in [0, 0.05) is 25.7 Å². The zero-order valence-corrected chi connectivity index (χ0v) is 19.4. The number of aromatic nitrogens is 1. The van der Waals surface area contributed by atoms with Crippen LogP contribution in [0.3, 0.4) is 0 Å². The van der Waals surface area contributed by atoms with Crippen molar-refractivity contribution in [3.8, 4) is 0 Å². The van der Waals surface area contributed by atoms with E-state index < -0.39 is 11.8 Å². The van der Waals surface area contributed by atoms with Crippen molar-refractivity contribution >= 4 is 23.3 Å². The lowest BCUT2D eigenvalue weighted by atomic mass is 9.98. The van der Waals surface area contributed by atoms with Crippen molar-refractivity contribution in [1.29, 1.82) is 0 Å². The van der Waals surface area contributed by atoms with Gasteiger partial charge in [-0.25, -0.2) is 9.37 Å². The lowest BCUT2D eigenvalue weighted by Gasteiger charge is -2.45. The second-order valence-electron chi connectivity index (χ2n) is 9.65. The number of piperazine rings is 1. The molecule has 1 aromatic heterocycles. The van der Waals surface area contributed by atoms with E-state index in [-0.39, 0.29) is 17.9 Å². The molecule has 1 saturated heterocycles. The van der Waals surface area contributed by atoms with Gasteiger partial charge in [0.05, 0.1) is 17.9 Å². The van der Waals surface area contributed by atoms with E-state index in [1.54, 1.807) is 17.0 Å². The van der Waals surface area contributed by atoms with Crippen LogP contribution in [-0.4, -0.2) is 52.3 Å². The monoisotopic (exact) mass is 453 g/mol. The molecule has 7 nitrogen and oxygen atoms in total. The number of rotatable bonds is 5. The van der Waals surface area contributed by atoms with Crippen LogP contribution in [0, 0.1) is 11.7 Å². The highest BCUT2D eigenvalue weighted by atomic mass is 19.1. The highest BCUT2D eigenvalue weighted by Crippen LogP contribution is 2.42. The lowest BCUT2D eigenvalue weighted by molar-refractivity contribution is -0.148. The van der Waals surface area contributed by atoms with E-state index in [1.807, 2.05) is 6.07 Å². The van der Waals surface area contributed by atoms with E-state index in [1.165, 1.54) is 18.3 Å². The van der Waals surface area contributed by atoms with Crippen LogP contribution in [0.4, 0.5) is 15.9 Å². The Morgan fingerprint density at radius 3 is 2.55 bits per heavy atom. The zero-order valence-electron chi connectivity index (χ0n) is 19.4. The van der Waals surface area contributed by atoms with Crippen molar-refractivity contribution < 1.29 is 14.0 Å². The third-order valence-electron chi connectivity index (χ3n) is 6.40. The van der Waals surface area contributed by atoms with Crippen LogP contribution < -0.4 is 11.1 Å². The van der Waals surface area contributed by atoms with Gasteiger partial charge in [-0.15, -0.1) is 0 Å². The summed E-state index contributed by atoms with van der Waals surface area (Å²) in [4.78, 5) is 34.4. The number of hydrogen-bond donors (Lipinski definition) is 2. The van der Waals surface area contributed by atoms with Gasteiger partial charge in [0.25, 0.3) is 0 Å². The standard InChI is InChI=1S/C25H32FN5O2/c1-15(2)12-30-14-22(18-6-8-19(26)9-7-18)31(13-16(30)3)25(33)24(32)29-20-10-21(17-4-5-17)23(27)28-11-20/h6-11,15-17,22H,4-5,12-14H2,1-3H3,(H2,27,28)(H,29,32)/t16-,22-/m1/s1. The van der Waals surface area contributed by atoms with E-state index >= 15 is 0 Å². The van der Waals surface area contributed by atoms with Gasteiger partial charge in [-0.2, -0.15) is 0 Å². The summed E-state index contributed by atoms with van der Waals surface area (Å²) in [5.41, 5.74) is 8.16. The number of pyridine rings is 1. The summed E-state index contributed by atoms with van der Waals surface area (Å²) in [7, 11) is 0. The molecule has 8 heteroatoms. The maximum atomic E-state index is 13.5. The molecule has 2 heterocycles. The van der Waals surface area contributed by atoms with Gasteiger partial charge >= 0.3 is 11.8 Å². The molecule has 2 aliphatic rings. The van der Waals surface area contributed by atoms with Gasteiger partial charge in [0.15, 0.2) is 0 Å². The summed E-state index contributed by atoms with van der Waals surface area (Å²) in [6.07, 6.45) is 3.59. The molecular weight excluding hydrogens is 421 g/mol. The molecular formula is C25H32FN5O2. The normalized spacial score (nSPS) is 21.3. The Kier molecular flexibility index (Phi) is 6.65. The minimum absolute atomic E-state index is 0.0977. The number of benzene rings is 1. The molecule has 1 saturated carbocycles. The molecule has 4 rings (SSSR count). The van der Waals surface area contributed by atoms with Crippen molar-refractivity contribution in [2.45, 2.75) is 51.6 Å². The third-order valence-corrected chi connectivity index (χ3v) is 6.40. The smallest absolute Gasteiger partial charge is 0.313 e. The van der Waals surface area contributed by atoms with E-state index in [0.717, 1.165) is 30.5 Å². The number of hydrogen-bond acceptors (Lipinski definition) is 5. The van der Waals surface area contributed by atoms with Crippen molar-refractivity contribution in [3.63, 3.8) is 0 Å². The van der Waals surface area contributed by atoms with E-state index in [2.05, 4.69) is 36.0 Å². The lowest BCUT2D eigenvalue weighted by Crippen LogP contribution is -2.57. The van der Waals surface area contributed by atoms with Crippen molar-refractivity contribution in [3.05, 3.63) is 53.5 Å². The number of carbonyl (C=O) groups is 2. The Morgan fingerprint density at radius 1 is 1.21 bits per heavy atom. The first-order valence-electron chi connectivity index (χ1n) is 11.6. The molecule has 0 radical (unpaired) electrons. The predicted molar refractivity (Wildman–Crippen MR) is 126 cm³/mol. The quantitative estimate of drug-likeness (QED) is 0.676. The SMILES string of the molecule is CC(C)CN1C[C@H](c2ccc(F)cc2)N(C(=O)C(=O)Nc2cnc(N)c(C3CC3)c2)C[C@H]1C. The fraction of sp³-hybridized carbons (Fsp3) is 0.480. The highest BCUT2D eigenvalue weighted by Gasteiger charge is 2.38. The van der Waals surface area contributed by atoms with Gasteiger partial charge in [0.1, 0.15) is 11.6 Å². The summed E-state index contributed by atoms with van der Waals surface area (Å²) < 4.78 is 13.5. The molecule has 0 spiro atoms. The number of nitrogens with zero attached hydrogens (tertiary/aromatic N) is 3. The average Bonchev–Trinajstić information content (AvgIpc) is 3.61. The summed E-state index contributed by atoms with van der Waals surface area (Å²) >= 11 is 0. The number of nitrogen functional groups attached to an aromatic ring is 1. The minimum Gasteiger partial charge on any atom is -0.383 e. The average molecular weight is 454 g/mol. The maximum Gasteiger partial charge on any atom is 0.313 e. The molecule has 2 fully saturated rings. The maximum absolute atomic E-state index is 13.5. The van der Waals surface area contributed by atoms with Gasteiger partial charge in [-0.3, -0.25) is 14.5 Å². The largest absolute Gasteiger partial charge is 0.383 e. The van der Waals surface area contributed by atoms with Gasteiger partial charge < -0.3 is 16.0 Å². The van der Waals surface area contributed by atoms with E-state index in [9.17, 15) is 14.0 Å². The summed E-state index contributed by atoms with van der Waals surface area (Å²) in [6, 6.07) is 7.73. The number of halogens is 1. The Bertz CT molecular complexity index is 1020. The summed E-state index contributed by atoms with van der Waals surface area (Å²) in [5, 5.41) is 2.71. The molecule has 2 aromatic rings. The van der Waals surface area contributed by atoms with Gasteiger partial charge in [-0.1, -0.05) is 26.0 Å². The second-order valence-corrected chi connectivity index (χ2v) is 9.65. The Balaban J connectivity index is 1.55. The van der Waals surface area contributed by atoms with Crippen LogP contribution in [0.5, 0.6) is 0 Å². The fourth-order valence-electron chi connectivity index (χ4n) is 4.54. The Labute approximate surface area is 194 Å². The second kappa shape index (κ2) is 9.47. The number of carbonyl (C=O) groups excluding carboxylic acids is 2. The Hall–Kier alpha value is -3.00. The fourth-order valence-corrected chi connectivity index (χ4v) is 4.54.